The second kappa shape index (κ2) is 3.94. The van der Waals surface area contributed by atoms with Crippen LogP contribution in [0.25, 0.3) is 0 Å². The van der Waals surface area contributed by atoms with Crippen molar-refractivity contribution in [1.29, 1.82) is 0 Å². The summed E-state index contributed by atoms with van der Waals surface area (Å²) in [6.45, 7) is 7.54. The number of β-amino-alcohol motifs (C(OH)–C–C–N with tert-alkyl or cyclic N) is 1. The van der Waals surface area contributed by atoms with Gasteiger partial charge in [0.2, 0.25) is 0 Å². The van der Waals surface area contributed by atoms with E-state index in [0.29, 0.717) is 0 Å². The molecule has 0 aliphatic rings. The van der Waals surface area contributed by atoms with Crippen molar-refractivity contribution in [2.24, 2.45) is 0 Å². The first kappa shape index (κ1) is 9.92. The third-order valence-electron chi connectivity index (χ3n) is 2.33. The van der Waals surface area contributed by atoms with Crippen molar-refractivity contribution in [1.82, 2.24) is 4.90 Å². The summed E-state index contributed by atoms with van der Waals surface area (Å²) in [5.41, 5.74) is 0.225. The Morgan fingerprint density at radius 1 is 1.40 bits per heavy atom. The van der Waals surface area contributed by atoms with Gasteiger partial charge in [0.05, 0.1) is 6.61 Å². The van der Waals surface area contributed by atoms with Crippen molar-refractivity contribution in [3.05, 3.63) is 0 Å². The number of rotatable bonds is 4. The molecule has 0 aliphatic carbocycles. The number of hydrogen-bond donors (Lipinski definition) is 1. The lowest BCUT2D eigenvalue weighted by atomic mass is 10.0. The normalized spacial score (nSPS) is 12.6. The standard InChI is InChI=1S/C8H19NO/c1-5-8(2,3)9(4)6-7-10/h10H,5-7H2,1-4H3. The van der Waals surface area contributed by atoms with Crippen molar-refractivity contribution in [2.45, 2.75) is 32.7 Å². The van der Waals surface area contributed by atoms with Crippen LogP contribution in [0.15, 0.2) is 0 Å². The molecule has 0 saturated heterocycles. The minimum Gasteiger partial charge on any atom is -0.395 e. The topological polar surface area (TPSA) is 23.5 Å². The van der Waals surface area contributed by atoms with Gasteiger partial charge in [-0.1, -0.05) is 6.92 Å². The van der Waals surface area contributed by atoms with Gasteiger partial charge in [0.25, 0.3) is 0 Å². The maximum absolute atomic E-state index is 8.65. The van der Waals surface area contributed by atoms with Gasteiger partial charge in [0.1, 0.15) is 0 Å². The Kier molecular flexibility index (Phi) is 3.91. The van der Waals surface area contributed by atoms with Crippen LogP contribution in [-0.2, 0) is 0 Å². The van der Waals surface area contributed by atoms with Gasteiger partial charge < -0.3 is 5.11 Å². The molecule has 0 aromatic carbocycles. The van der Waals surface area contributed by atoms with Crippen LogP contribution in [0.1, 0.15) is 27.2 Å². The predicted octanol–water partition coefficient (Wildman–Crippen LogP) is 1.10. The lowest BCUT2D eigenvalue weighted by Crippen LogP contribution is -2.41. The van der Waals surface area contributed by atoms with E-state index < -0.39 is 0 Å². The molecule has 0 unspecified atom stereocenters. The SMILES string of the molecule is CCC(C)(C)N(C)CCO. The minimum atomic E-state index is 0.225. The van der Waals surface area contributed by atoms with Crippen LogP contribution in [0, 0.1) is 0 Å². The van der Waals surface area contributed by atoms with Crippen LogP contribution >= 0.6 is 0 Å². The van der Waals surface area contributed by atoms with Crippen molar-refractivity contribution in [2.75, 3.05) is 20.2 Å². The van der Waals surface area contributed by atoms with E-state index in [2.05, 4.69) is 25.7 Å². The highest BCUT2D eigenvalue weighted by molar-refractivity contribution is 4.76. The highest BCUT2D eigenvalue weighted by Gasteiger charge is 2.19. The molecule has 0 atom stereocenters. The third kappa shape index (κ3) is 2.67. The van der Waals surface area contributed by atoms with Crippen LogP contribution in [0.2, 0.25) is 0 Å². The maximum Gasteiger partial charge on any atom is 0.0558 e. The van der Waals surface area contributed by atoms with Crippen molar-refractivity contribution >= 4 is 0 Å². The molecule has 0 radical (unpaired) electrons. The minimum absolute atomic E-state index is 0.225. The number of likely N-dealkylation sites (N-methyl/N-ethyl adjacent to an activating group) is 1. The zero-order valence-electron chi connectivity index (χ0n) is 7.52. The average molecular weight is 145 g/mol. The molecule has 0 spiro atoms. The highest BCUT2D eigenvalue weighted by atomic mass is 16.3. The summed E-state index contributed by atoms with van der Waals surface area (Å²) in [4.78, 5) is 2.17. The number of aliphatic hydroxyl groups excluding tert-OH is 1. The second-order valence-corrected chi connectivity index (χ2v) is 3.31. The van der Waals surface area contributed by atoms with E-state index >= 15 is 0 Å². The molecular formula is C8H19NO. The molecule has 2 heteroatoms. The Morgan fingerprint density at radius 3 is 2.20 bits per heavy atom. The summed E-state index contributed by atoms with van der Waals surface area (Å²) in [5.74, 6) is 0. The van der Waals surface area contributed by atoms with Gasteiger partial charge in [0.15, 0.2) is 0 Å². The number of nitrogens with zero attached hydrogens (tertiary/aromatic N) is 1. The molecule has 0 rings (SSSR count). The lowest BCUT2D eigenvalue weighted by molar-refractivity contribution is 0.119. The van der Waals surface area contributed by atoms with Gasteiger partial charge in [-0.15, -0.1) is 0 Å². The fourth-order valence-corrected chi connectivity index (χ4v) is 0.723. The molecule has 10 heavy (non-hydrogen) atoms. The Bertz CT molecular complexity index is 91.3. The summed E-state index contributed by atoms with van der Waals surface area (Å²) in [6, 6.07) is 0. The van der Waals surface area contributed by atoms with E-state index in [1.807, 2.05) is 7.05 Å². The average Bonchev–Trinajstić information content (AvgIpc) is 1.89. The molecule has 0 saturated carbocycles. The van der Waals surface area contributed by atoms with E-state index in [1.54, 1.807) is 0 Å². The Labute approximate surface area is 63.8 Å². The van der Waals surface area contributed by atoms with Gasteiger partial charge in [-0.2, -0.15) is 0 Å². The van der Waals surface area contributed by atoms with Crippen molar-refractivity contribution in [3.63, 3.8) is 0 Å². The van der Waals surface area contributed by atoms with E-state index in [9.17, 15) is 0 Å². The molecule has 1 N–H and O–H groups in total. The van der Waals surface area contributed by atoms with Gasteiger partial charge in [-0.05, 0) is 27.3 Å². The zero-order valence-corrected chi connectivity index (χ0v) is 7.52. The Morgan fingerprint density at radius 2 is 1.90 bits per heavy atom. The largest absolute Gasteiger partial charge is 0.395 e. The van der Waals surface area contributed by atoms with E-state index in [-0.39, 0.29) is 12.1 Å². The second-order valence-electron chi connectivity index (χ2n) is 3.31. The van der Waals surface area contributed by atoms with Crippen LogP contribution in [0.3, 0.4) is 0 Å². The van der Waals surface area contributed by atoms with Crippen LogP contribution in [0.5, 0.6) is 0 Å². The molecular weight excluding hydrogens is 126 g/mol. The number of aliphatic hydroxyl groups is 1. The van der Waals surface area contributed by atoms with Gasteiger partial charge in [-0.25, -0.2) is 0 Å². The summed E-state index contributed by atoms with van der Waals surface area (Å²) >= 11 is 0. The van der Waals surface area contributed by atoms with E-state index in [1.165, 1.54) is 0 Å². The lowest BCUT2D eigenvalue weighted by Gasteiger charge is -2.34. The van der Waals surface area contributed by atoms with Gasteiger partial charge in [-0.3, -0.25) is 4.90 Å². The maximum atomic E-state index is 8.65. The summed E-state index contributed by atoms with van der Waals surface area (Å²) in [6.07, 6.45) is 1.11. The van der Waals surface area contributed by atoms with Crippen molar-refractivity contribution in [3.8, 4) is 0 Å². The molecule has 2 nitrogen and oxygen atoms in total. The summed E-state index contributed by atoms with van der Waals surface area (Å²) in [5, 5.41) is 8.65. The van der Waals surface area contributed by atoms with Gasteiger partial charge >= 0.3 is 0 Å². The van der Waals surface area contributed by atoms with E-state index in [4.69, 9.17) is 5.11 Å². The highest BCUT2D eigenvalue weighted by Crippen LogP contribution is 2.14. The van der Waals surface area contributed by atoms with Crippen molar-refractivity contribution < 1.29 is 5.11 Å². The summed E-state index contributed by atoms with van der Waals surface area (Å²) in [7, 11) is 2.04. The molecule has 0 amide bonds. The molecule has 0 aromatic rings. The van der Waals surface area contributed by atoms with Gasteiger partial charge in [0, 0.05) is 12.1 Å². The fourth-order valence-electron chi connectivity index (χ4n) is 0.723. The van der Waals surface area contributed by atoms with E-state index in [0.717, 1.165) is 13.0 Å². The molecule has 62 valence electrons. The Balaban J connectivity index is 3.78. The number of hydrogen-bond acceptors (Lipinski definition) is 2. The zero-order chi connectivity index (χ0) is 8.20. The van der Waals surface area contributed by atoms with Crippen LogP contribution in [0.4, 0.5) is 0 Å². The summed E-state index contributed by atoms with van der Waals surface area (Å²) < 4.78 is 0. The molecule has 0 fully saturated rings. The Hall–Kier alpha value is -0.0800. The molecule has 0 heterocycles. The fraction of sp³-hybridized carbons (Fsp3) is 1.00. The molecule has 0 aromatic heterocycles. The molecule has 0 aliphatic heterocycles. The predicted molar refractivity (Wildman–Crippen MR) is 44.1 cm³/mol. The molecule has 0 bridgehead atoms. The first-order valence-electron chi connectivity index (χ1n) is 3.86. The monoisotopic (exact) mass is 145 g/mol. The smallest absolute Gasteiger partial charge is 0.0558 e. The third-order valence-corrected chi connectivity index (χ3v) is 2.33. The van der Waals surface area contributed by atoms with Crippen LogP contribution in [-0.4, -0.2) is 35.7 Å². The van der Waals surface area contributed by atoms with Crippen LogP contribution < -0.4 is 0 Å². The quantitative estimate of drug-likeness (QED) is 0.640. The first-order chi connectivity index (χ1) is 4.54. The first-order valence-corrected chi connectivity index (χ1v) is 3.86.